The van der Waals surface area contributed by atoms with Crippen molar-refractivity contribution in [3.63, 3.8) is 0 Å². The van der Waals surface area contributed by atoms with Gasteiger partial charge in [-0.15, -0.1) is 0 Å². The lowest BCUT2D eigenvalue weighted by atomic mass is 10.2. The molecule has 3 aromatic rings. The van der Waals surface area contributed by atoms with Gasteiger partial charge in [0.25, 0.3) is 5.91 Å². The first-order valence-electron chi connectivity index (χ1n) is 8.84. The van der Waals surface area contributed by atoms with E-state index in [1.54, 1.807) is 31.4 Å². The van der Waals surface area contributed by atoms with E-state index in [2.05, 4.69) is 42.4 Å². The van der Waals surface area contributed by atoms with E-state index >= 15 is 0 Å². The second-order valence-electron chi connectivity index (χ2n) is 6.17. The van der Waals surface area contributed by atoms with E-state index in [9.17, 15) is 9.90 Å². The average Bonchev–Trinajstić information content (AvgIpc) is 2.74. The maximum atomic E-state index is 12.1. The summed E-state index contributed by atoms with van der Waals surface area (Å²) in [5.41, 5.74) is 4.24. The number of methoxy groups -OCH3 is 1. The van der Waals surface area contributed by atoms with Crippen LogP contribution in [0.1, 0.15) is 21.5 Å². The minimum atomic E-state index is -0.509. The number of ether oxygens (including phenoxy) is 2. The third-order valence-corrected chi connectivity index (χ3v) is 5.19. The van der Waals surface area contributed by atoms with Gasteiger partial charge >= 0.3 is 0 Å². The van der Waals surface area contributed by atoms with Crippen molar-refractivity contribution in [2.24, 2.45) is 5.10 Å². The Balaban J connectivity index is 1.70. The Kier molecular flexibility index (Phi) is 7.48. The van der Waals surface area contributed by atoms with Crippen LogP contribution in [0.5, 0.6) is 17.2 Å². The molecule has 3 rings (SSSR count). The predicted molar refractivity (Wildman–Crippen MR) is 122 cm³/mol. The third-order valence-electron chi connectivity index (χ3n) is 4.08. The molecule has 0 fully saturated rings. The molecule has 0 heterocycles. The van der Waals surface area contributed by atoms with Crippen LogP contribution in [0.2, 0.25) is 0 Å². The van der Waals surface area contributed by atoms with Gasteiger partial charge in [0, 0.05) is 4.47 Å². The maximum Gasteiger partial charge on any atom is 0.275 e. The summed E-state index contributed by atoms with van der Waals surface area (Å²) in [5.74, 6) is 0.470. The molecular weight excluding hydrogens is 516 g/mol. The number of nitrogens with one attached hydrogen (secondary N) is 1. The molecule has 0 saturated heterocycles. The van der Waals surface area contributed by atoms with Crippen molar-refractivity contribution in [2.75, 3.05) is 7.11 Å². The number of carbonyl (C=O) groups is 1. The largest absolute Gasteiger partial charge is 0.507 e. The van der Waals surface area contributed by atoms with Gasteiger partial charge in [-0.2, -0.15) is 5.10 Å². The second-order valence-corrected chi connectivity index (χ2v) is 7.94. The van der Waals surface area contributed by atoms with Gasteiger partial charge in [0.2, 0.25) is 0 Å². The summed E-state index contributed by atoms with van der Waals surface area (Å²) in [6, 6.07) is 17.6. The number of rotatable bonds is 7. The maximum absolute atomic E-state index is 12.1. The number of hydrogen-bond donors (Lipinski definition) is 2. The zero-order valence-electron chi connectivity index (χ0n) is 15.9. The summed E-state index contributed by atoms with van der Waals surface area (Å²) in [6.45, 7) is 0.381. The zero-order chi connectivity index (χ0) is 21.5. The van der Waals surface area contributed by atoms with Crippen LogP contribution in [0.15, 0.2) is 74.7 Å². The first kappa shape index (κ1) is 21.9. The quantitative estimate of drug-likeness (QED) is 0.320. The molecule has 0 aliphatic heterocycles. The molecule has 0 radical (unpaired) electrons. The molecule has 30 heavy (non-hydrogen) atoms. The first-order valence-corrected chi connectivity index (χ1v) is 10.4. The van der Waals surface area contributed by atoms with Crippen molar-refractivity contribution in [3.05, 3.63) is 86.3 Å². The highest BCUT2D eigenvalue weighted by molar-refractivity contribution is 9.10. The Morgan fingerprint density at radius 1 is 1.13 bits per heavy atom. The highest BCUT2D eigenvalue weighted by Gasteiger charge is 2.12. The highest BCUT2D eigenvalue weighted by atomic mass is 79.9. The van der Waals surface area contributed by atoms with Gasteiger partial charge in [0.15, 0.2) is 11.5 Å². The van der Waals surface area contributed by atoms with E-state index in [1.807, 2.05) is 24.3 Å². The molecule has 0 bridgehead atoms. The van der Waals surface area contributed by atoms with Crippen molar-refractivity contribution < 1.29 is 19.4 Å². The molecule has 0 aromatic heterocycles. The molecule has 0 unspecified atom stereocenters. The lowest BCUT2D eigenvalue weighted by Gasteiger charge is -2.13. The summed E-state index contributed by atoms with van der Waals surface area (Å²) in [5, 5.41) is 13.7. The topological polar surface area (TPSA) is 80.2 Å². The molecule has 8 heteroatoms. The highest BCUT2D eigenvalue weighted by Crippen LogP contribution is 2.37. The van der Waals surface area contributed by atoms with Crippen molar-refractivity contribution >= 4 is 44.0 Å². The predicted octanol–water partition coefficient (Wildman–Crippen LogP) is 5.27. The number of hydrazone groups is 1. The smallest absolute Gasteiger partial charge is 0.275 e. The van der Waals surface area contributed by atoms with Crippen LogP contribution in [0.25, 0.3) is 0 Å². The molecule has 0 aliphatic carbocycles. The molecule has 0 saturated carbocycles. The second kappa shape index (κ2) is 10.3. The van der Waals surface area contributed by atoms with Gasteiger partial charge in [-0.3, -0.25) is 4.79 Å². The van der Waals surface area contributed by atoms with E-state index in [4.69, 9.17) is 9.47 Å². The van der Waals surface area contributed by atoms with Crippen LogP contribution >= 0.6 is 31.9 Å². The van der Waals surface area contributed by atoms with Crippen molar-refractivity contribution in [1.29, 1.82) is 0 Å². The summed E-state index contributed by atoms with van der Waals surface area (Å²) < 4.78 is 13.1. The molecule has 154 valence electrons. The molecule has 0 atom stereocenters. The minimum absolute atomic E-state index is 0.109. The number of benzene rings is 3. The first-order chi connectivity index (χ1) is 14.5. The molecule has 0 spiro atoms. The van der Waals surface area contributed by atoms with Gasteiger partial charge < -0.3 is 14.6 Å². The van der Waals surface area contributed by atoms with Crippen molar-refractivity contribution in [2.45, 2.75) is 6.61 Å². The number of aromatic hydroxyl groups is 1. The van der Waals surface area contributed by atoms with E-state index in [-0.39, 0.29) is 11.3 Å². The summed E-state index contributed by atoms with van der Waals surface area (Å²) in [4.78, 5) is 12.1. The number of halogens is 2. The number of amides is 1. The number of para-hydroxylation sites is 1. The van der Waals surface area contributed by atoms with Crippen LogP contribution in [-0.4, -0.2) is 24.3 Å². The van der Waals surface area contributed by atoms with Crippen LogP contribution in [0.4, 0.5) is 0 Å². The number of hydrogen-bond acceptors (Lipinski definition) is 5. The normalized spacial score (nSPS) is 10.8. The summed E-state index contributed by atoms with van der Waals surface area (Å²) in [6.07, 6.45) is 1.48. The van der Waals surface area contributed by atoms with Crippen LogP contribution in [0.3, 0.4) is 0 Å². The molecule has 1 amide bonds. The monoisotopic (exact) mass is 532 g/mol. The van der Waals surface area contributed by atoms with Crippen LogP contribution in [0, 0.1) is 0 Å². The fraction of sp³-hybridized carbons (Fsp3) is 0.0909. The standard InChI is InChI=1S/C22H18Br2N2O4/c1-29-20-11-15(12-25-26-22(28)17-4-2-3-5-19(17)27)10-18(24)21(20)30-13-14-6-8-16(23)9-7-14/h2-12,27H,13H2,1H3,(H,26,28)/b25-12+. The Bertz CT molecular complexity index is 1070. The Hall–Kier alpha value is -2.84. The van der Waals surface area contributed by atoms with Gasteiger partial charge in [0.1, 0.15) is 12.4 Å². The lowest BCUT2D eigenvalue weighted by molar-refractivity contribution is 0.0952. The van der Waals surface area contributed by atoms with E-state index in [0.29, 0.717) is 28.1 Å². The van der Waals surface area contributed by atoms with E-state index < -0.39 is 5.91 Å². The van der Waals surface area contributed by atoms with Gasteiger partial charge in [-0.1, -0.05) is 40.2 Å². The number of carbonyl (C=O) groups excluding carboxylic acids is 1. The Morgan fingerprint density at radius 3 is 2.57 bits per heavy atom. The van der Waals surface area contributed by atoms with Crippen molar-refractivity contribution in [1.82, 2.24) is 5.43 Å². The number of nitrogens with zero attached hydrogens (tertiary/aromatic N) is 1. The van der Waals surface area contributed by atoms with Gasteiger partial charge in [-0.05, 0) is 63.5 Å². The fourth-order valence-corrected chi connectivity index (χ4v) is 3.42. The van der Waals surface area contributed by atoms with Crippen LogP contribution in [-0.2, 0) is 6.61 Å². The van der Waals surface area contributed by atoms with Gasteiger partial charge in [-0.25, -0.2) is 5.43 Å². The molecule has 6 nitrogen and oxygen atoms in total. The number of phenols is 1. The SMILES string of the molecule is COc1cc(/C=N/NC(=O)c2ccccc2O)cc(Br)c1OCc1ccc(Br)cc1. The summed E-state index contributed by atoms with van der Waals surface area (Å²) in [7, 11) is 1.55. The van der Waals surface area contributed by atoms with Crippen LogP contribution < -0.4 is 14.9 Å². The number of phenolic OH excluding ortho intramolecular Hbond substituents is 1. The summed E-state index contributed by atoms with van der Waals surface area (Å²) >= 11 is 6.91. The van der Waals surface area contributed by atoms with E-state index in [1.165, 1.54) is 18.3 Å². The molecule has 2 N–H and O–H groups in total. The minimum Gasteiger partial charge on any atom is -0.507 e. The van der Waals surface area contributed by atoms with E-state index in [0.717, 1.165) is 10.0 Å². The third kappa shape index (κ3) is 5.61. The zero-order valence-corrected chi connectivity index (χ0v) is 19.1. The Morgan fingerprint density at radius 2 is 1.87 bits per heavy atom. The van der Waals surface area contributed by atoms with Crippen molar-refractivity contribution in [3.8, 4) is 17.2 Å². The lowest BCUT2D eigenvalue weighted by Crippen LogP contribution is -2.17. The molecule has 3 aromatic carbocycles. The Labute approximate surface area is 190 Å². The fourth-order valence-electron chi connectivity index (χ4n) is 2.58. The van der Waals surface area contributed by atoms with Gasteiger partial charge in [0.05, 0.1) is 23.4 Å². The molecule has 0 aliphatic rings. The average molecular weight is 534 g/mol. The molecular formula is C22H18Br2N2O4.